The largest absolute Gasteiger partial charge is 0.467 e. The third kappa shape index (κ3) is 4.77. The Morgan fingerprint density at radius 1 is 1.32 bits per heavy atom. The number of thioether (sulfide) groups is 1. The lowest BCUT2D eigenvalue weighted by Crippen LogP contribution is -2.32. The number of hydrogen-bond donors (Lipinski definition) is 1. The summed E-state index contributed by atoms with van der Waals surface area (Å²) in [4.78, 5) is 30.1. The average Bonchev–Trinajstić information content (AvgIpc) is 3.17. The number of hydrogen-bond acceptors (Lipinski definition) is 5. The highest BCUT2D eigenvalue weighted by atomic mass is 35.5. The number of nitrogens with zero attached hydrogens (tertiary/aromatic N) is 2. The molecular weight excluding hydrogens is 398 g/mol. The van der Waals surface area contributed by atoms with Crippen molar-refractivity contribution in [3.8, 4) is 0 Å². The molecule has 1 aromatic carbocycles. The SMILES string of the molecule is CC(C)Cn1c(S[C@@H](C)C(=O)NCc2ccco2)nc2ccc(Cl)cc2c1=O. The van der Waals surface area contributed by atoms with Crippen molar-refractivity contribution in [3.05, 3.63) is 57.7 Å². The zero-order valence-corrected chi connectivity index (χ0v) is 17.5. The van der Waals surface area contributed by atoms with Crippen molar-refractivity contribution in [2.24, 2.45) is 5.92 Å². The third-order valence-corrected chi connectivity index (χ3v) is 5.42. The molecule has 0 saturated heterocycles. The molecule has 0 fully saturated rings. The number of furan rings is 1. The molecule has 1 atom stereocenters. The summed E-state index contributed by atoms with van der Waals surface area (Å²) < 4.78 is 6.86. The minimum Gasteiger partial charge on any atom is -0.467 e. The third-order valence-electron chi connectivity index (χ3n) is 4.10. The second-order valence-corrected chi connectivity index (χ2v) is 8.67. The molecule has 1 N–H and O–H groups in total. The number of amides is 1. The lowest BCUT2D eigenvalue weighted by atomic mass is 10.2. The number of fused-ring (bicyclic) bond motifs is 1. The molecule has 0 bridgehead atoms. The molecule has 0 aliphatic heterocycles. The van der Waals surface area contributed by atoms with Crippen LogP contribution in [0.1, 0.15) is 26.5 Å². The molecule has 148 valence electrons. The van der Waals surface area contributed by atoms with E-state index in [1.165, 1.54) is 11.8 Å². The van der Waals surface area contributed by atoms with Crippen LogP contribution in [0, 0.1) is 5.92 Å². The smallest absolute Gasteiger partial charge is 0.262 e. The molecule has 2 heterocycles. The summed E-state index contributed by atoms with van der Waals surface area (Å²) in [7, 11) is 0. The van der Waals surface area contributed by atoms with Gasteiger partial charge in [-0.25, -0.2) is 4.98 Å². The lowest BCUT2D eigenvalue weighted by Gasteiger charge is -2.17. The van der Waals surface area contributed by atoms with Gasteiger partial charge in [0, 0.05) is 11.6 Å². The Labute approximate surface area is 172 Å². The van der Waals surface area contributed by atoms with Gasteiger partial charge < -0.3 is 9.73 Å². The van der Waals surface area contributed by atoms with Gasteiger partial charge in [-0.15, -0.1) is 0 Å². The molecule has 28 heavy (non-hydrogen) atoms. The van der Waals surface area contributed by atoms with E-state index in [1.807, 2.05) is 13.8 Å². The van der Waals surface area contributed by atoms with Crippen molar-refractivity contribution in [3.63, 3.8) is 0 Å². The van der Waals surface area contributed by atoms with Gasteiger partial charge >= 0.3 is 0 Å². The quantitative estimate of drug-likeness (QED) is 0.461. The first-order valence-corrected chi connectivity index (χ1v) is 10.3. The van der Waals surface area contributed by atoms with E-state index in [9.17, 15) is 9.59 Å². The molecule has 2 aromatic heterocycles. The molecule has 6 nitrogen and oxygen atoms in total. The van der Waals surface area contributed by atoms with Crippen molar-refractivity contribution in [1.29, 1.82) is 0 Å². The van der Waals surface area contributed by atoms with Gasteiger partial charge in [0.1, 0.15) is 5.76 Å². The molecule has 3 aromatic rings. The molecule has 0 spiro atoms. The Kier molecular flexibility index (Phi) is 6.46. The zero-order valence-electron chi connectivity index (χ0n) is 15.9. The molecular formula is C20H22ClN3O3S. The first kappa shape index (κ1) is 20.5. The van der Waals surface area contributed by atoms with Gasteiger partial charge in [0.15, 0.2) is 5.16 Å². The molecule has 0 saturated carbocycles. The number of rotatable bonds is 7. The van der Waals surface area contributed by atoms with E-state index in [2.05, 4.69) is 10.3 Å². The van der Waals surface area contributed by atoms with Gasteiger partial charge in [0.25, 0.3) is 5.56 Å². The number of benzene rings is 1. The number of halogens is 1. The van der Waals surface area contributed by atoms with Crippen LogP contribution in [0.25, 0.3) is 10.9 Å². The second kappa shape index (κ2) is 8.84. The highest BCUT2D eigenvalue weighted by Gasteiger charge is 2.20. The van der Waals surface area contributed by atoms with E-state index in [1.54, 1.807) is 48.1 Å². The van der Waals surface area contributed by atoms with Crippen LogP contribution < -0.4 is 10.9 Å². The highest BCUT2D eigenvalue weighted by Crippen LogP contribution is 2.24. The van der Waals surface area contributed by atoms with Crippen LogP contribution in [0.2, 0.25) is 5.02 Å². The Balaban J connectivity index is 1.86. The zero-order chi connectivity index (χ0) is 20.3. The fourth-order valence-corrected chi connectivity index (χ4v) is 3.85. The molecule has 0 radical (unpaired) electrons. The fraction of sp³-hybridized carbons (Fsp3) is 0.350. The van der Waals surface area contributed by atoms with E-state index in [4.69, 9.17) is 16.0 Å². The van der Waals surface area contributed by atoms with Gasteiger partial charge in [-0.05, 0) is 43.2 Å². The molecule has 8 heteroatoms. The molecule has 3 rings (SSSR count). The minimum atomic E-state index is -0.426. The summed E-state index contributed by atoms with van der Waals surface area (Å²) in [5.74, 6) is 0.782. The summed E-state index contributed by atoms with van der Waals surface area (Å²) in [6.07, 6.45) is 1.57. The maximum atomic E-state index is 13.0. The standard InChI is InChI=1S/C20H22ClN3O3S/c1-12(2)11-24-19(26)16-9-14(21)6-7-17(16)23-20(24)28-13(3)18(25)22-10-15-5-4-8-27-15/h4-9,12-13H,10-11H2,1-3H3,(H,22,25)/t13-/m0/s1. The molecule has 0 aliphatic carbocycles. The van der Waals surface area contributed by atoms with Crippen LogP contribution in [-0.2, 0) is 17.9 Å². The van der Waals surface area contributed by atoms with Gasteiger partial charge in [-0.2, -0.15) is 0 Å². The van der Waals surface area contributed by atoms with Gasteiger partial charge in [0.05, 0.1) is 29.0 Å². The molecule has 0 aliphatic rings. The Hall–Kier alpha value is -2.25. The number of aromatic nitrogens is 2. The van der Waals surface area contributed by atoms with Crippen molar-refractivity contribution >= 4 is 40.2 Å². The summed E-state index contributed by atoms with van der Waals surface area (Å²) in [5.41, 5.74) is 0.423. The first-order chi connectivity index (χ1) is 13.3. The summed E-state index contributed by atoms with van der Waals surface area (Å²) in [6.45, 7) is 6.68. The number of nitrogens with one attached hydrogen (secondary N) is 1. The van der Waals surface area contributed by atoms with Gasteiger partial charge in [-0.1, -0.05) is 37.2 Å². The van der Waals surface area contributed by atoms with Crippen molar-refractivity contribution < 1.29 is 9.21 Å². The summed E-state index contributed by atoms with van der Waals surface area (Å²) in [5, 5.41) is 3.91. The molecule has 0 unspecified atom stereocenters. The van der Waals surface area contributed by atoms with Crippen LogP contribution in [0.15, 0.2) is 51.0 Å². The maximum absolute atomic E-state index is 13.0. The Bertz CT molecular complexity index is 1030. The predicted octanol–water partition coefficient (Wildman–Crippen LogP) is 4.10. The topological polar surface area (TPSA) is 77.1 Å². The van der Waals surface area contributed by atoms with E-state index < -0.39 is 5.25 Å². The normalized spacial score (nSPS) is 12.5. The minimum absolute atomic E-state index is 0.146. The molecule has 1 amide bonds. The monoisotopic (exact) mass is 419 g/mol. The van der Waals surface area contributed by atoms with Gasteiger partial charge in [0.2, 0.25) is 5.91 Å². The summed E-state index contributed by atoms with van der Waals surface area (Å²) in [6, 6.07) is 8.64. The Morgan fingerprint density at radius 3 is 2.79 bits per heavy atom. The maximum Gasteiger partial charge on any atom is 0.262 e. The van der Waals surface area contributed by atoms with Gasteiger partial charge in [-0.3, -0.25) is 14.2 Å². The lowest BCUT2D eigenvalue weighted by molar-refractivity contribution is -0.120. The van der Waals surface area contributed by atoms with Crippen molar-refractivity contribution in [1.82, 2.24) is 14.9 Å². The van der Waals surface area contributed by atoms with Crippen LogP contribution in [0.3, 0.4) is 0 Å². The summed E-state index contributed by atoms with van der Waals surface area (Å²) >= 11 is 7.32. The van der Waals surface area contributed by atoms with Crippen LogP contribution in [0.5, 0.6) is 0 Å². The van der Waals surface area contributed by atoms with Crippen molar-refractivity contribution in [2.45, 2.75) is 44.3 Å². The second-order valence-electron chi connectivity index (χ2n) is 6.92. The first-order valence-electron chi connectivity index (χ1n) is 9.02. The van der Waals surface area contributed by atoms with Crippen LogP contribution in [0.4, 0.5) is 0 Å². The van der Waals surface area contributed by atoms with Crippen LogP contribution >= 0.6 is 23.4 Å². The number of carbonyl (C=O) groups is 1. The average molecular weight is 420 g/mol. The fourth-order valence-electron chi connectivity index (χ4n) is 2.73. The Morgan fingerprint density at radius 2 is 2.11 bits per heavy atom. The predicted molar refractivity (Wildman–Crippen MR) is 112 cm³/mol. The van der Waals surface area contributed by atoms with E-state index in [0.717, 1.165) is 0 Å². The van der Waals surface area contributed by atoms with E-state index in [-0.39, 0.29) is 17.4 Å². The van der Waals surface area contributed by atoms with Crippen molar-refractivity contribution in [2.75, 3.05) is 0 Å². The van der Waals surface area contributed by atoms with E-state index in [0.29, 0.717) is 39.9 Å². The van der Waals surface area contributed by atoms with Crippen LogP contribution in [-0.4, -0.2) is 20.7 Å². The van der Waals surface area contributed by atoms with E-state index >= 15 is 0 Å². The number of carbonyl (C=O) groups excluding carboxylic acids is 1. The highest BCUT2D eigenvalue weighted by molar-refractivity contribution is 8.00.